The van der Waals surface area contributed by atoms with Gasteiger partial charge in [0, 0.05) is 0 Å². The topological polar surface area (TPSA) is 78.9 Å². The third-order valence-electron chi connectivity index (χ3n) is 5.21. The molecule has 0 bridgehead atoms. The molecule has 1 fully saturated rings. The Hall–Kier alpha value is -3.02. The standard InChI is InChI=1S/C23H24O6/c1-14-10-11-17-19(13-14)29-21(18-9-6-12-26-18)22(20(17)24)27-15(2)23(25)28-16-7-4-3-5-8-16/h6,9-13,15-16H,3-5,7-8H2,1-2H3. The summed E-state index contributed by atoms with van der Waals surface area (Å²) in [6.07, 6.45) is 5.48. The summed E-state index contributed by atoms with van der Waals surface area (Å²) in [5, 5.41) is 0.383. The Morgan fingerprint density at radius 2 is 1.97 bits per heavy atom. The number of rotatable bonds is 5. The van der Waals surface area contributed by atoms with Crippen LogP contribution in [0.3, 0.4) is 0 Å². The van der Waals surface area contributed by atoms with Crippen molar-refractivity contribution in [2.75, 3.05) is 0 Å². The summed E-state index contributed by atoms with van der Waals surface area (Å²) < 4.78 is 22.8. The first-order valence-corrected chi connectivity index (χ1v) is 10.0. The van der Waals surface area contributed by atoms with E-state index in [-0.39, 0.29) is 23.0 Å². The molecule has 1 atom stereocenters. The lowest BCUT2D eigenvalue weighted by molar-refractivity contribution is -0.158. The minimum Gasteiger partial charge on any atom is -0.471 e. The zero-order chi connectivity index (χ0) is 20.4. The molecule has 0 radical (unpaired) electrons. The Labute approximate surface area is 168 Å². The second-order valence-corrected chi connectivity index (χ2v) is 7.52. The molecule has 1 aromatic carbocycles. The Bertz CT molecular complexity index is 1060. The van der Waals surface area contributed by atoms with Gasteiger partial charge in [-0.25, -0.2) is 4.79 Å². The zero-order valence-corrected chi connectivity index (χ0v) is 16.6. The number of aryl methyl sites for hydroxylation is 1. The monoisotopic (exact) mass is 396 g/mol. The molecule has 3 aromatic rings. The number of fused-ring (bicyclic) bond motifs is 1. The molecule has 6 heteroatoms. The summed E-state index contributed by atoms with van der Waals surface area (Å²) >= 11 is 0. The number of furan rings is 1. The van der Waals surface area contributed by atoms with E-state index in [0.29, 0.717) is 16.7 Å². The normalized spacial score (nSPS) is 15.9. The quantitative estimate of drug-likeness (QED) is 0.565. The molecule has 0 spiro atoms. The van der Waals surface area contributed by atoms with Gasteiger partial charge in [-0.2, -0.15) is 0 Å². The number of benzene rings is 1. The average Bonchev–Trinajstić information content (AvgIpc) is 3.25. The number of hydrogen-bond donors (Lipinski definition) is 0. The second-order valence-electron chi connectivity index (χ2n) is 7.52. The summed E-state index contributed by atoms with van der Waals surface area (Å²) in [4.78, 5) is 25.7. The van der Waals surface area contributed by atoms with E-state index >= 15 is 0 Å². The van der Waals surface area contributed by atoms with Crippen molar-refractivity contribution < 1.29 is 23.1 Å². The molecule has 1 unspecified atom stereocenters. The zero-order valence-electron chi connectivity index (χ0n) is 16.6. The van der Waals surface area contributed by atoms with Gasteiger partial charge >= 0.3 is 5.97 Å². The van der Waals surface area contributed by atoms with Crippen molar-refractivity contribution in [3.63, 3.8) is 0 Å². The molecule has 4 rings (SSSR count). The SMILES string of the molecule is Cc1ccc2c(=O)c(OC(C)C(=O)OC3CCCCC3)c(-c3ccco3)oc2c1. The predicted octanol–water partition coefficient (Wildman–Crippen LogP) is 5.00. The molecule has 29 heavy (non-hydrogen) atoms. The van der Waals surface area contributed by atoms with Gasteiger partial charge in [-0.15, -0.1) is 0 Å². The van der Waals surface area contributed by atoms with Crippen molar-refractivity contribution >= 4 is 16.9 Å². The Morgan fingerprint density at radius 1 is 1.17 bits per heavy atom. The number of carbonyl (C=O) groups excluding carboxylic acids is 1. The van der Waals surface area contributed by atoms with Crippen molar-refractivity contribution in [3.05, 3.63) is 52.4 Å². The van der Waals surface area contributed by atoms with Gasteiger partial charge in [0.15, 0.2) is 11.9 Å². The van der Waals surface area contributed by atoms with Crippen molar-refractivity contribution in [2.24, 2.45) is 0 Å². The van der Waals surface area contributed by atoms with Crippen LogP contribution in [0.4, 0.5) is 0 Å². The van der Waals surface area contributed by atoms with E-state index in [1.54, 1.807) is 31.2 Å². The molecule has 0 amide bonds. The van der Waals surface area contributed by atoms with Crippen LogP contribution in [0.15, 0.2) is 50.2 Å². The lowest BCUT2D eigenvalue weighted by Gasteiger charge is -2.23. The van der Waals surface area contributed by atoms with E-state index in [1.165, 1.54) is 12.7 Å². The van der Waals surface area contributed by atoms with E-state index in [0.717, 1.165) is 31.2 Å². The van der Waals surface area contributed by atoms with Gasteiger partial charge in [-0.05, 0) is 69.4 Å². The Balaban J connectivity index is 1.67. The summed E-state index contributed by atoms with van der Waals surface area (Å²) in [6, 6.07) is 8.68. The van der Waals surface area contributed by atoms with Crippen LogP contribution in [0.2, 0.25) is 0 Å². The van der Waals surface area contributed by atoms with Crippen LogP contribution in [-0.4, -0.2) is 18.2 Å². The van der Waals surface area contributed by atoms with Crippen molar-refractivity contribution in [1.29, 1.82) is 0 Å². The molecule has 2 heterocycles. The minimum atomic E-state index is -0.948. The van der Waals surface area contributed by atoms with Crippen molar-refractivity contribution in [2.45, 2.75) is 58.2 Å². The smallest absolute Gasteiger partial charge is 0.347 e. The largest absolute Gasteiger partial charge is 0.471 e. The van der Waals surface area contributed by atoms with Gasteiger partial charge in [-0.1, -0.05) is 12.5 Å². The van der Waals surface area contributed by atoms with Crippen LogP contribution in [0.5, 0.6) is 5.75 Å². The molecule has 0 aliphatic heterocycles. The highest BCUT2D eigenvalue weighted by molar-refractivity contribution is 5.82. The van der Waals surface area contributed by atoms with E-state index in [2.05, 4.69) is 0 Å². The summed E-state index contributed by atoms with van der Waals surface area (Å²) in [5.41, 5.74) is 1.05. The maximum absolute atomic E-state index is 13.1. The molecule has 152 valence electrons. The highest BCUT2D eigenvalue weighted by atomic mass is 16.6. The van der Waals surface area contributed by atoms with Gasteiger partial charge in [-0.3, -0.25) is 4.79 Å². The molecule has 1 saturated carbocycles. The van der Waals surface area contributed by atoms with E-state index in [1.807, 2.05) is 13.0 Å². The molecule has 1 aliphatic rings. The Kier molecular flexibility index (Phi) is 5.43. The molecule has 0 saturated heterocycles. The lowest BCUT2D eigenvalue weighted by atomic mass is 9.98. The molecule has 6 nitrogen and oxygen atoms in total. The van der Waals surface area contributed by atoms with Crippen LogP contribution in [0.25, 0.3) is 22.5 Å². The van der Waals surface area contributed by atoms with Gasteiger partial charge in [0.2, 0.25) is 16.9 Å². The fourth-order valence-corrected chi connectivity index (χ4v) is 3.63. The van der Waals surface area contributed by atoms with Crippen LogP contribution in [-0.2, 0) is 9.53 Å². The third-order valence-corrected chi connectivity index (χ3v) is 5.21. The van der Waals surface area contributed by atoms with E-state index in [4.69, 9.17) is 18.3 Å². The molecular weight excluding hydrogens is 372 g/mol. The highest BCUT2D eigenvalue weighted by Crippen LogP contribution is 2.32. The second kappa shape index (κ2) is 8.15. The van der Waals surface area contributed by atoms with E-state index in [9.17, 15) is 9.59 Å². The van der Waals surface area contributed by atoms with Gasteiger partial charge in [0.05, 0.1) is 11.6 Å². The van der Waals surface area contributed by atoms with Gasteiger partial charge in [0.25, 0.3) is 0 Å². The van der Waals surface area contributed by atoms with Crippen LogP contribution in [0, 0.1) is 6.92 Å². The minimum absolute atomic E-state index is 0.0515. The Morgan fingerprint density at radius 3 is 2.69 bits per heavy atom. The van der Waals surface area contributed by atoms with Crippen LogP contribution in [0.1, 0.15) is 44.6 Å². The maximum Gasteiger partial charge on any atom is 0.347 e. The first-order valence-electron chi connectivity index (χ1n) is 10.0. The number of hydrogen-bond acceptors (Lipinski definition) is 6. The maximum atomic E-state index is 13.1. The summed E-state index contributed by atoms with van der Waals surface area (Å²) in [5.74, 6) is -0.0149. The van der Waals surface area contributed by atoms with Gasteiger partial charge in [0.1, 0.15) is 11.7 Å². The fraction of sp³-hybridized carbons (Fsp3) is 0.391. The molecule has 1 aliphatic carbocycles. The van der Waals surface area contributed by atoms with Crippen molar-refractivity contribution in [1.82, 2.24) is 0 Å². The summed E-state index contributed by atoms with van der Waals surface area (Å²) in [7, 11) is 0. The lowest BCUT2D eigenvalue weighted by Crippen LogP contribution is -2.32. The number of ether oxygens (including phenoxy) is 2. The number of esters is 1. The third kappa shape index (κ3) is 4.06. The molecule has 0 N–H and O–H groups in total. The fourth-order valence-electron chi connectivity index (χ4n) is 3.63. The van der Waals surface area contributed by atoms with Crippen LogP contribution >= 0.6 is 0 Å². The number of carbonyl (C=O) groups is 1. The first-order chi connectivity index (χ1) is 14.0. The summed E-state index contributed by atoms with van der Waals surface area (Å²) in [6.45, 7) is 3.50. The predicted molar refractivity (Wildman–Crippen MR) is 108 cm³/mol. The molecular formula is C23H24O6. The first kappa shape index (κ1) is 19.3. The average molecular weight is 396 g/mol. The van der Waals surface area contributed by atoms with Crippen LogP contribution < -0.4 is 10.2 Å². The highest BCUT2D eigenvalue weighted by Gasteiger charge is 2.27. The molecule has 2 aromatic heterocycles. The van der Waals surface area contributed by atoms with Crippen molar-refractivity contribution in [3.8, 4) is 17.3 Å². The van der Waals surface area contributed by atoms with Gasteiger partial charge < -0.3 is 18.3 Å². The van der Waals surface area contributed by atoms with E-state index < -0.39 is 12.1 Å².